The standard InChI is InChI=1S/C11H14FNO2/c1-7(13-2)11(12)8-3-4-9-10(5-8)15-6-14-9/h3-5,7,11,13H,6H2,1-2H3/t7-,11-/m1/s1. The third kappa shape index (κ3) is 1.90. The first-order chi connectivity index (χ1) is 7.22. The van der Waals surface area contributed by atoms with Crippen LogP contribution in [-0.4, -0.2) is 19.9 Å². The van der Waals surface area contributed by atoms with Crippen molar-refractivity contribution >= 4 is 0 Å². The van der Waals surface area contributed by atoms with Crippen molar-refractivity contribution < 1.29 is 13.9 Å². The van der Waals surface area contributed by atoms with Crippen LogP contribution in [0.4, 0.5) is 4.39 Å². The average molecular weight is 211 g/mol. The fourth-order valence-electron chi connectivity index (χ4n) is 1.52. The lowest BCUT2D eigenvalue weighted by Gasteiger charge is -2.16. The highest BCUT2D eigenvalue weighted by atomic mass is 19.1. The summed E-state index contributed by atoms with van der Waals surface area (Å²) in [6.45, 7) is 2.02. The number of rotatable bonds is 3. The van der Waals surface area contributed by atoms with Crippen LogP contribution in [0.5, 0.6) is 11.5 Å². The summed E-state index contributed by atoms with van der Waals surface area (Å²) >= 11 is 0. The molecule has 0 fully saturated rings. The molecule has 15 heavy (non-hydrogen) atoms. The van der Waals surface area contributed by atoms with E-state index in [9.17, 15) is 4.39 Å². The molecule has 0 amide bonds. The number of ether oxygens (including phenoxy) is 2. The Morgan fingerprint density at radius 1 is 1.33 bits per heavy atom. The van der Waals surface area contributed by atoms with E-state index in [1.165, 1.54) is 0 Å². The SMILES string of the molecule is CN[C@H](C)[C@@H](F)c1ccc2c(c1)OCO2. The summed E-state index contributed by atoms with van der Waals surface area (Å²) in [5.41, 5.74) is 0.612. The predicted molar refractivity (Wildman–Crippen MR) is 54.9 cm³/mol. The Balaban J connectivity index is 2.22. The largest absolute Gasteiger partial charge is 0.454 e. The number of hydrogen-bond acceptors (Lipinski definition) is 3. The number of hydrogen-bond donors (Lipinski definition) is 1. The van der Waals surface area contributed by atoms with E-state index in [1.54, 1.807) is 32.2 Å². The number of halogens is 1. The van der Waals surface area contributed by atoms with Gasteiger partial charge in [0.05, 0.1) is 0 Å². The molecule has 0 aromatic heterocycles. The van der Waals surface area contributed by atoms with E-state index in [2.05, 4.69) is 5.32 Å². The number of nitrogens with one attached hydrogen (secondary N) is 1. The van der Waals surface area contributed by atoms with Gasteiger partial charge >= 0.3 is 0 Å². The molecular formula is C11H14FNO2. The third-order valence-corrected chi connectivity index (χ3v) is 2.61. The van der Waals surface area contributed by atoms with Gasteiger partial charge in [-0.05, 0) is 31.7 Å². The van der Waals surface area contributed by atoms with Gasteiger partial charge in [-0.2, -0.15) is 0 Å². The normalized spacial score (nSPS) is 17.5. The topological polar surface area (TPSA) is 30.5 Å². The maximum Gasteiger partial charge on any atom is 0.231 e. The highest BCUT2D eigenvalue weighted by Gasteiger charge is 2.20. The molecule has 1 aliphatic heterocycles. The first-order valence-electron chi connectivity index (χ1n) is 4.93. The second kappa shape index (κ2) is 4.06. The molecule has 1 N–H and O–H groups in total. The van der Waals surface area contributed by atoms with E-state index >= 15 is 0 Å². The molecule has 1 heterocycles. The fraction of sp³-hybridized carbons (Fsp3) is 0.455. The quantitative estimate of drug-likeness (QED) is 0.829. The second-order valence-corrected chi connectivity index (χ2v) is 3.59. The van der Waals surface area contributed by atoms with Crippen LogP contribution in [-0.2, 0) is 0 Å². The van der Waals surface area contributed by atoms with Crippen molar-refractivity contribution in [2.75, 3.05) is 13.8 Å². The predicted octanol–water partition coefficient (Wildman–Crippen LogP) is 2.03. The highest BCUT2D eigenvalue weighted by molar-refractivity contribution is 5.45. The maximum absolute atomic E-state index is 13.8. The summed E-state index contributed by atoms with van der Waals surface area (Å²) in [4.78, 5) is 0. The van der Waals surface area contributed by atoms with E-state index in [1.807, 2.05) is 0 Å². The molecule has 82 valence electrons. The molecule has 0 saturated heterocycles. The Morgan fingerprint density at radius 2 is 2.07 bits per heavy atom. The zero-order valence-electron chi connectivity index (χ0n) is 8.79. The first kappa shape index (κ1) is 10.2. The van der Waals surface area contributed by atoms with E-state index in [-0.39, 0.29) is 12.8 Å². The van der Waals surface area contributed by atoms with Gasteiger partial charge in [0.25, 0.3) is 0 Å². The van der Waals surface area contributed by atoms with Crippen LogP contribution in [0.2, 0.25) is 0 Å². The molecule has 0 aliphatic carbocycles. The van der Waals surface area contributed by atoms with Crippen molar-refractivity contribution in [1.82, 2.24) is 5.32 Å². The highest BCUT2D eigenvalue weighted by Crippen LogP contribution is 2.35. The maximum atomic E-state index is 13.8. The molecule has 2 atom stereocenters. The minimum Gasteiger partial charge on any atom is -0.454 e. The van der Waals surface area contributed by atoms with Crippen molar-refractivity contribution in [2.45, 2.75) is 19.1 Å². The van der Waals surface area contributed by atoms with E-state index in [0.717, 1.165) is 0 Å². The Morgan fingerprint density at radius 3 is 2.80 bits per heavy atom. The van der Waals surface area contributed by atoms with Gasteiger partial charge in [-0.3, -0.25) is 0 Å². The molecule has 4 heteroatoms. The van der Waals surface area contributed by atoms with Crippen molar-refractivity contribution in [1.29, 1.82) is 0 Å². The molecule has 0 spiro atoms. The monoisotopic (exact) mass is 211 g/mol. The van der Waals surface area contributed by atoms with Crippen molar-refractivity contribution in [3.8, 4) is 11.5 Å². The smallest absolute Gasteiger partial charge is 0.231 e. The number of likely N-dealkylation sites (N-methyl/N-ethyl adjacent to an activating group) is 1. The van der Waals surface area contributed by atoms with Gasteiger partial charge in [-0.25, -0.2) is 4.39 Å². The lowest BCUT2D eigenvalue weighted by Crippen LogP contribution is -2.26. The summed E-state index contributed by atoms with van der Waals surface area (Å²) in [6.07, 6.45) is -1.04. The van der Waals surface area contributed by atoms with E-state index < -0.39 is 6.17 Å². The summed E-state index contributed by atoms with van der Waals surface area (Å²) in [5.74, 6) is 1.31. The molecule has 0 radical (unpaired) electrons. The van der Waals surface area contributed by atoms with Gasteiger partial charge < -0.3 is 14.8 Å². The molecule has 1 aromatic rings. The second-order valence-electron chi connectivity index (χ2n) is 3.59. The molecule has 2 rings (SSSR count). The van der Waals surface area contributed by atoms with E-state index in [4.69, 9.17) is 9.47 Å². The lowest BCUT2D eigenvalue weighted by molar-refractivity contribution is 0.173. The van der Waals surface area contributed by atoms with Crippen LogP contribution in [0.1, 0.15) is 18.7 Å². The number of fused-ring (bicyclic) bond motifs is 1. The van der Waals surface area contributed by atoms with Gasteiger partial charge in [0.1, 0.15) is 6.17 Å². The zero-order chi connectivity index (χ0) is 10.8. The molecule has 0 saturated carbocycles. The minimum absolute atomic E-state index is 0.217. The van der Waals surface area contributed by atoms with Gasteiger partial charge in [0.15, 0.2) is 11.5 Å². The summed E-state index contributed by atoms with van der Waals surface area (Å²) in [7, 11) is 1.74. The van der Waals surface area contributed by atoms with Crippen molar-refractivity contribution in [3.05, 3.63) is 23.8 Å². The lowest BCUT2D eigenvalue weighted by atomic mass is 10.0. The van der Waals surface area contributed by atoms with Gasteiger partial charge in [0, 0.05) is 6.04 Å². The Kier molecular flexibility index (Phi) is 2.77. The molecule has 0 bridgehead atoms. The minimum atomic E-state index is -1.04. The van der Waals surface area contributed by atoms with Crippen molar-refractivity contribution in [2.24, 2.45) is 0 Å². The van der Waals surface area contributed by atoms with Crippen LogP contribution in [0.25, 0.3) is 0 Å². The van der Waals surface area contributed by atoms with Gasteiger partial charge in [-0.15, -0.1) is 0 Å². The summed E-state index contributed by atoms with van der Waals surface area (Å²) < 4.78 is 24.2. The average Bonchev–Trinajstić information content (AvgIpc) is 2.73. The number of benzene rings is 1. The van der Waals surface area contributed by atoms with Crippen LogP contribution >= 0.6 is 0 Å². The molecule has 1 aliphatic rings. The Hall–Kier alpha value is -1.29. The van der Waals surface area contributed by atoms with Gasteiger partial charge in [0.2, 0.25) is 6.79 Å². The third-order valence-electron chi connectivity index (χ3n) is 2.61. The summed E-state index contributed by atoms with van der Waals surface area (Å²) in [5, 5.41) is 2.88. The molecule has 1 aromatic carbocycles. The van der Waals surface area contributed by atoms with Gasteiger partial charge in [-0.1, -0.05) is 6.07 Å². The molecule has 3 nitrogen and oxygen atoms in total. The molecular weight excluding hydrogens is 197 g/mol. The Labute approximate surface area is 88.2 Å². The Bertz CT molecular complexity index is 356. The number of alkyl halides is 1. The van der Waals surface area contributed by atoms with Crippen molar-refractivity contribution in [3.63, 3.8) is 0 Å². The summed E-state index contributed by atoms with van der Waals surface area (Å²) in [6, 6.07) is 4.95. The van der Waals surface area contributed by atoms with Crippen LogP contribution in [0.15, 0.2) is 18.2 Å². The van der Waals surface area contributed by atoms with Crippen LogP contribution in [0, 0.1) is 0 Å². The fourth-order valence-corrected chi connectivity index (χ4v) is 1.52. The zero-order valence-corrected chi connectivity index (χ0v) is 8.79. The van der Waals surface area contributed by atoms with E-state index in [0.29, 0.717) is 17.1 Å². The molecule has 0 unspecified atom stereocenters. The first-order valence-corrected chi connectivity index (χ1v) is 4.93. The van der Waals surface area contributed by atoms with Crippen LogP contribution < -0.4 is 14.8 Å². The van der Waals surface area contributed by atoms with Crippen LogP contribution in [0.3, 0.4) is 0 Å².